The topological polar surface area (TPSA) is 32.7 Å². The number of hydroxylamine groups is 2. The second kappa shape index (κ2) is 3.09. The molecule has 0 bridgehead atoms. The van der Waals surface area contributed by atoms with Crippen molar-refractivity contribution in [2.75, 3.05) is 13.2 Å². The maximum atomic E-state index is 8.86. The smallest absolute Gasteiger partial charge is 0.104 e. The predicted molar refractivity (Wildman–Crippen MR) is 40.9 cm³/mol. The minimum Gasteiger partial charge on any atom is -0.394 e. The summed E-state index contributed by atoms with van der Waals surface area (Å²) in [7, 11) is 0. The van der Waals surface area contributed by atoms with Crippen molar-refractivity contribution >= 4 is 0 Å². The molecule has 64 valence electrons. The number of rotatable bonds is 1. The number of fused-ring (bicyclic) bond motifs is 1. The summed E-state index contributed by atoms with van der Waals surface area (Å²) in [6.45, 7) is 1.23. The van der Waals surface area contributed by atoms with Gasteiger partial charge in [-0.2, -0.15) is 5.06 Å². The van der Waals surface area contributed by atoms with E-state index in [9.17, 15) is 0 Å². The van der Waals surface area contributed by atoms with Gasteiger partial charge in [-0.05, 0) is 19.3 Å². The minimum absolute atomic E-state index is 0.0816. The molecule has 2 fully saturated rings. The molecule has 11 heavy (non-hydrogen) atoms. The van der Waals surface area contributed by atoms with Crippen molar-refractivity contribution in [1.82, 2.24) is 5.06 Å². The average Bonchev–Trinajstić information content (AvgIpc) is 2.46. The molecule has 0 aromatic carbocycles. The maximum Gasteiger partial charge on any atom is 0.104 e. The van der Waals surface area contributed by atoms with Crippen molar-refractivity contribution in [2.45, 2.75) is 37.8 Å². The van der Waals surface area contributed by atoms with Gasteiger partial charge in [-0.1, -0.05) is 6.42 Å². The summed E-state index contributed by atoms with van der Waals surface area (Å²) in [5.74, 6) is 0. The van der Waals surface area contributed by atoms with Crippen LogP contribution in [0.25, 0.3) is 0 Å². The summed E-state index contributed by atoms with van der Waals surface area (Å²) >= 11 is 0. The van der Waals surface area contributed by atoms with Gasteiger partial charge in [0.2, 0.25) is 0 Å². The van der Waals surface area contributed by atoms with Crippen LogP contribution in [0.2, 0.25) is 0 Å². The van der Waals surface area contributed by atoms with Crippen molar-refractivity contribution in [1.29, 1.82) is 0 Å². The van der Waals surface area contributed by atoms with Crippen LogP contribution in [-0.4, -0.2) is 35.5 Å². The van der Waals surface area contributed by atoms with Crippen LogP contribution in [0.3, 0.4) is 0 Å². The van der Waals surface area contributed by atoms with E-state index in [-0.39, 0.29) is 12.7 Å². The second-order valence-corrected chi connectivity index (χ2v) is 3.44. The van der Waals surface area contributed by atoms with Gasteiger partial charge >= 0.3 is 0 Å². The third-order valence-electron chi connectivity index (χ3n) is 2.60. The fraction of sp³-hybridized carbons (Fsp3) is 1.00. The molecule has 3 heteroatoms. The van der Waals surface area contributed by atoms with Crippen molar-refractivity contribution in [2.24, 2.45) is 0 Å². The molecule has 0 radical (unpaired) electrons. The highest BCUT2D eigenvalue weighted by Crippen LogP contribution is 2.28. The van der Waals surface area contributed by atoms with Crippen molar-refractivity contribution in [3.8, 4) is 0 Å². The first-order valence-corrected chi connectivity index (χ1v) is 4.44. The summed E-state index contributed by atoms with van der Waals surface area (Å²) < 4.78 is 0. The molecule has 0 aliphatic carbocycles. The fourth-order valence-corrected chi connectivity index (χ4v) is 1.99. The standard InChI is InChI=1S/C8H15NO2/c10-6-8-5-7-3-1-2-4-9(7)11-8/h7-8,10H,1-6H2/t7-,8-/m0/s1. The van der Waals surface area contributed by atoms with Crippen molar-refractivity contribution in [3.63, 3.8) is 0 Å². The van der Waals surface area contributed by atoms with Gasteiger partial charge in [0.15, 0.2) is 0 Å². The lowest BCUT2D eigenvalue weighted by molar-refractivity contribution is -0.178. The Balaban J connectivity index is 1.92. The molecule has 0 aromatic rings. The zero-order valence-electron chi connectivity index (χ0n) is 6.70. The number of nitrogens with zero attached hydrogens (tertiary/aromatic N) is 1. The van der Waals surface area contributed by atoms with E-state index < -0.39 is 0 Å². The molecular formula is C8H15NO2. The first-order valence-electron chi connectivity index (χ1n) is 4.44. The van der Waals surface area contributed by atoms with E-state index in [1.54, 1.807) is 0 Å². The Labute approximate surface area is 66.9 Å². The maximum absolute atomic E-state index is 8.86. The monoisotopic (exact) mass is 157 g/mol. The van der Waals surface area contributed by atoms with E-state index in [2.05, 4.69) is 5.06 Å². The summed E-state index contributed by atoms with van der Waals surface area (Å²) in [5, 5.41) is 10.9. The van der Waals surface area contributed by atoms with Crippen molar-refractivity contribution < 1.29 is 9.94 Å². The zero-order valence-corrected chi connectivity index (χ0v) is 6.70. The van der Waals surface area contributed by atoms with E-state index in [0.717, 1.165) is 13.0 Å². The third kappa shape index (κ3) is 1.41. The molecule has 1 N–H and O–H groups in total. The van der Waals surface area contributed by atoms with Gasteiger partial charge in [-0.25, -0.2) is 0 Å². The molecule has 0 spiro atoms. The molecule has 0 saturated carbocycles. The molecule has 2 atom stereocenters. The van der Waals surface area contributed by atoms with E-state index in [4.69, 9.17) is 9.94 Å². The van der Waals surface area contributed by atoms with Crippen LogP contribution in [0, 0.1) is 0 Å². The van der Waals surface area contributed by atoms with Crippen LogP contribution in [0.4, 0.5) is 0 Å². The average molecular weight is 157 g/mol. The van der Waals surface area contributed by atoms with Crippen LogP contribution >= 0.6 is 0 Å². The Bertz CT molecular complexity index is 126. The molecule has 2 rings (SSSR count). The Morgan fingerprint density at radius 2 is 2.36 bits per heavy atom. The highest BCUT2D eigenvalue weighted by molar-refractivity contribution is 4.80. The van der Waals surface area contributed by atoms with Gasteiger partial charge in [-0.15, -0.1) is 0 Å². The van der Waals surface area contributed by atoms with E-state index in [0.29, 0.717) is 6.04 Å². The Hall–Kier alpha value is -0.120. The molecule has 0 amide bonds. The van der Waals surface area contributed by atoms with Gasteiger partial charge in [-0.3, -0.25) is 4.84 Å². The van der Waals surface area contributed by atoms with Crippen LogP contribution in [0.1, 0.15) is 25.7 Å². The lowest BCUT2D eigenvalue weighted by Crippen LogP contribution is -2.33. The SMILES string of the molecule is OC[C@@H]1C[C@@H]2CCCCN2O1. The number of hydrogen-bond acceptors (Lipinski definition) is 3. The van der Waals surface area contributed by atoms with Crippen molar-refractivity contribution in [3.05, 3.63) is 0 Å². The lowest BCUT2D eigenvalue weighted by Gasteiger charge is -2.26. The number of aliphatic hydroxyl groups is 1. The lowest BCUT2D eigenvalue weighted by atomic mass is 10.0. The van der Waals surface area contributed by atoms with Gasteiger partial charge in [0, 0.05) is 12.6 Å². The quantitative estimate of drug-likeness (QED) is 0.603. The number of hydrogen-bond donors (Lipinski definition) is 1. The highest BCUT2D eigenvalue weighted by atomic mass is 16.7. The highest BCUT2D eigenvalue weighted by Gasteiger charge is 2.34. The fourth-order valence-electron chi connectivity index (χ4n) is 1.99. The molecule has 2 saturated heterocycles. The summed E-state index contributed by atoms with van der Waals surface area (Å²) in [6.07, 6.45) is 4.92. The molecule has 3 nitrogen and oxygen atoms in total. The first-order chi connectivity index (χ1) is 5.40. The van der Waals surface area contributed by atoms with Gasteiger partial charge in [0.25, 0.3) is 0 Å². The minimum atomic E-state index is 0.0816. The second-order valence-electron chi connectivity index (χ2n) is 3.44. The summed E-state index contributed by atoms with van der Waals surface area (Å²) in [5.41, 5.74) is 0. The molecule has 2 aliphatic heterocycles. The van der Waals surface area contributed by atoms with Crippen LogP contribution in [-0.2, 0) is 4.84 Å². The molecule has 2 heterocycles. The van der Waals surface area contributed by atoms with Gasteiger partial charge < -0.3 is 5.11 Å². The molecule has 0 unspecified atom stereocenters. The normalized spacial score (nSPS) is 39.0. The van der Waals surface area contributed by atoms with Crippen LogP contribution in [0.15, 0.2) is 0 Å². The van der Waals surface area contributed by atoms with E-state index in [1.807, 2.05) is 0 Å². The summed E-state index contributed by atoms with van der Waals surface area (Å²) in [4.78, 5) is 5.50. The summed E-state index contributed by atoms with van der Waals surface area (Å²) in [6, 6.07) is 0.598. The zero-order chi connectivity index (χ0) is 7.68. The number of piperidine rings is 1. The van der Waals surface area contributed by atoms with Gasteiger partial charge in [0.1, 0.15) is 6.10 Å². The largest absolute Gasteiger partial charge is 0.394 e. The third-order valence-corrected chi connectivity index (χ3v) is 2.60. The number of aliphatic hydroxyl groups excluding tert-OH is 1. The molecule has 0 aromatic heterocycles. The predicted octanol–water partition coefficient (Wildman–Crippen LogP) is 0.537. The molecule has 2 aliphatic rings. The molecular weight excluding hydrogens is 142 g/mol. The van der Waals surface area contributed by atoms with E-state index in [1.165, 1.54) is 19.3 Å². The Morgan fingerprint density at radius 3 is 3.09 bits per heavy atom. The first kappa shape index (κ1) is 7.53. The van der Waals surface area contributed by atoms with E-state index >= 15 is 0 Å². The Kier molecular flexibility index (Phi) is 2.11. The Morgan fingerprint density at radius 1 is 1.45 bits per heavy atom. The van der Waals surface area contributed by atoms with Crippen LogP contribution in [0.5, 0.6) is 0 Å². The van der Waals surface area contributed by atoms with Gasteiger partial charge in [0.05, 0.1) is 6.61 Å². The van der Waals surface area contributed by atoms with Crippen LogP contribution < -0.4 is 0 Å².